The molecule has 2 aliphatic rings. The number of nitrogens with zero attached hydrogens (tertiary/aromatic N) is 1. The summed E-state index contributed by atoms with van der Waals surface area (Å²) in [5.74, 6) is 0.397. The fourth-order valence-corrected chi connectivity index (χ4v) is 2.89. The molecule has 126 valence electrons. The summed E-state index contributed by atoms with van der Waals surface area (Å²) < 4.78 is 26.2. The lowest BCUT2D eigenvalue weighted by atomic mass is 9.84. The van der Waals surface area contributed by atoms with Crippen molar-refractivity contribution in [3.05, 3.63) is 11.3 Å². The molecule has 0 aliphatic carbocycles. The van der Waals surface area contributed by atoms with Gasteiger partial charge in [0.2, 0.25) is 0 Å². The number of piperidine rings is 1. The lowest BCUT2D eigenvalue weighted by Crippen LogP contribution is -2.41. The summed E-state index contributed by atoms with van der Waals surface area (Å²) in [6.07, 6.45) is 1.95. The molecule has 0 amide bonds. The van der Waals surface area contributed by atoms with E-state index in [1.165, 1.54) is 0 Å². The van der Waals surface area contributed by atoms with Gasteiger partial charge >= 0.3 is 7.12 Å². The fraction of sp³-hybridized carbons (Fsp3) is 0.875. The number of likely N-dealkylation sites (tertiary alicyclic amines) is 1. The Kier molecular flexibility index (Phi) is 5.37. The van der Waals surface area contributed by atoms with Crippen molar-refractivity contribution in [2.45, 2.75) is 58.7 Å². The first kappa shape index (κ1) is 17.9. The second-order valence-corrected chi connectivity index (χ2v) is 7.62. The van der Waals surface area contributed by atoms with Crippen molar-refractivity contribution in [3.63, 3.8) is 0 Å². The van der Waals surface area contributed by atoms with Crippen LogP contribution in [0.3, 0.4) is 0 Å². The first-order valence-electron chi connectivity index (χ1n) is 8.20. The largest absolute Gasteiger partial charge is 0.525 e. The van der Waals surface area contributed by atoms with Gasteiger partial charge in [-0.2, -0.15) is 0 Å². The van der Waals surface area contributed by atoms with Crippen LogP contribution in [-0.2, 0) is 9.31 Å². The van der Waals surface area contributed by atoms with Crippen LogP contribution in [0.25, 0.3) is 0 Å². The van der Waals surface area contributed by atoms with Crippen LogP contribution in [-0.4, -0.2) is 54.6 Å². The van der Waals surface area contributed by atoms with Gasteiger partial charge in [0.1, 0.15) is 5.73 Å². The van der Waals surface area contributed by atoms with E-state index >= 15 is 0 Å². The summed E-state index contributed by atoms with van der Waals surface area (Å²) in [4.78, 5) is 2.23. The van der Waals surface area contributed by atoms with Gasteiger partial charge in [0.25, 0.3) is 0 Å². The molecule has 1 N–H and O–H groups in total. The normalized spacial score (nSPS) is 27.1. The van der Waals surface area contributed by atoms with E-state index in [9.17, 15) is 4.39 Å². The summed E-state index contributed by atoms with van der Waals surface area (Å²) in [5.41, 5.74) is -0.673. The Morgan fingerprint density at radius 2 is 1.68 bits per heavy atom. The van der Waals surface area contributed by atoms with E-state index in [1.54, 1.807) is 6.92 Å². The van der Waals surface area contributed by atoms with Crippen molar-refractivity contribution >= 4 is 7.12 Å². The summed E-state index contributed by atoms with van der Waals surface area (Å²) in [7, 11) is -0.903. The maximum Gasteiger partial charge on any atom is 0.525 e. The van der Waals surface area contributed by atoms with Crippen LogP contribution >= 0.6 is 0 Å². The third-order valence-corrected chi connectivity index (χ3v) is 5.29. The Bertz CT molecular complexity index is 415. The topological polar surface area (TPSA) is 41.9 Å². The molecule has 0 aromatic rings. The maximum absolute atomic E-state index is 14.6. The van der Waals surface area contributed by atoms with Gasteiger partial charge in [-0.1, -0.05) is 0 Å². The van der Waals surface area contributed by atoms with Crippen molar-refractivity contribution in [1.82, 2.24) is 4.90 Å². The Balaban J connectivity index is 1.96. The van der Waals surface area contributed by atoms with Crippen LogP contribution in [0.5, 0.6) is 0 Å². The van der Waals surface area contributed by atoms with Crippen LogP contribution in [0.15, 0.2) is 11.3 Å². The molecule has 2 fully saturated rings. The molecule has 0 saturated carbocycles. The van der Waals surface area contributed by atoms with Gasteiger partial charge in [0.15, 0.2) is 0 Å². The van der Waals surface area contributed by atoms with Crippen LogP contribution < -0.4 is 0 Å². The molecule has 0 bridgehead atoms. The highest BCUT2D eigenvalue weighted by molar-refractivity contribution is 6.53. The van der Waals surface area contributed by atoms with Crippen molar-refractivity contribution in [2.75, 3.05) is 26.2 Å². The lowest BCUT2D eigenvalue weighted by molar-refractivity contribution is 0.00578. The van der Waals surface area contributed by atoms with Gasteiger partial charge < -0.3 is 14.4 Å². The zero-order valence-corrected chi connectivity index (χ0v) is 14.5. The summed E-state index contributed by atoms with van der Waals surface area (Å²) in [5, 5.41) is 9.17. The molecule has 0 spiro atoms. The fourth-order valence-electron chi connectivity index (χ4n) is 2.89. The summed E-state index contributed by atoms with van der Waals surface area (Å²) in [6.45, 7) is 12.2. The average Bonchev–Trinajstić information content (AvgIpc) is 2.67. The second-order valence-electron chi connectivity index (χ2n) is 7.62. The SMILES string of the molecule is CC(CN1CCC(CO)CC1)=C(F)B1OC(C)(C)C(C)(C)O1. The molecule has 2 heterocycles. The molecule has 2 saturated heterocycles. The predicted molar refractivity (Wildman–Crippen MR) is 86.1 cm³/mol. The van der Waals surface area contributed by atoms with Gasteiger partial charge in [-0.05, 0) is 72.0 Å². The van der Waals surface area contributed by atoms with E-state index < -0.39 is 18.3 Å². The van der Waals surface area contributed by atoms with Crippen molar-refractivity contribution in [2.24, 2.45) is 5.92 Å². The Morgan fingerprint density at radius 3 is 2.14 bits per heavy atom. The minimum Gasteiger partial charge on any atom is -0.398 e. The molecule has 0 aromatic carbocycles. The third-order valence-electron chi connectivity index (χ3n) is 5.29. The van der Waals surface area contributed by atoms with Gasteiger partial charge in [-0.25, -0.2) is 4.39 Å². The highest BCUT2D eigenvalue weighted by Gasteiger charge is 2.53. The van der Waals surface area contributed by atoms with Gasteiger partial charge in [0, 0.05) is 13.2 Å². The van der Waals surface area contributed by atoms with E-state index in [2.05, 4.69) is 4.90 Å². The zero-order chi connectivity index (χ0) is 16.5. The number of halogens is 1. The number of rotatable bonds is 4. The number of aliphatic hydroxyl groups excluding tert-OH is 1. The molecule has 22 heavy (non-hydrogen) atoms. The highest BCUT2D eigenvalue weighted by Crippen LogP contribution is 2.39. The number of hydrogen-bond acceptors (Lipinski definition) is 4. The first-order chi connectivity index (χ1) is 10.2. The molecule has 2 aliphatic heterocycles. The first-order valence-corrected chi connectivity index (χ1v) is 8.20. The molecular weight excluding hydrogens is 284 g/mol. The van der Waals surface area contributed by atoms with Crippen molar-refractivity contribution in [3.8, 4) is 0 Å². The smallest absolute Gasteiger partial charge is 0.398 e. The Labute approximate surface area is 133 Å². The number of aliphatic hydroxyl groups is 1. The summed E-state index contributed by atoms with van der Waals surface area (Å²) in [6, 6.07) is 0. The molecule has 6 heteroatoms. The third kappa shape index (κ3) is 3.73. The van der Waals surface area contributed by atoms with Gasteiger partial charge in [-0.15, -0.1) is 0 Å². The average molecular weight is 313 g/mol. The van der Waals surface area contributed by atoms with E-state index in [1.807, 2.05) is 27.7 Å². The molecular formula is C16H29BFNO3. The van der Waals surface area contributed by atoms with Gasteiger partial charge in [-0.3, -0.25) is 4.90 Å². The monoisotopic (exact) mass is 313 g/mol. The predicted octanol–water partition coefficient (Wildman–Crippen LogP) is 2.57. The van der Waals surface area contributed by atoms with Crippen LogP contribution in [0.1, 0.15) is 47.5 Å². The molecule has 0 radical (unpaired) electrons. The Morgan fingerprint density at radius 1 is 1.18 bits per heavy atom. The summed E-state index contributed by atoms with van der Waals surface area (Å²) >= 11 is 0. The quantitative estimate of drug-likeness (QED) is 0.810. The number of hydrogen-bond donors (Lipinski definition) is 1. The Hall–Kier alpha value is -0.425. The zero-order valence-electron chi connectivity index (χ0n) is 14.5. The van der Waals surface area contributed by atoms with Gasteiger partial charge in [0.05, 0.1) is 11.2 Å². The molecule has 0 aromatic heterocycles. The molecule has 0 unspecified atom stereocenters. The molecule has 0 atom stereocenters. The second kappa shape index (κ2) is 6.60. The highest BCUT2D eigenvalue weighted by atomic mass is 19.1. The van der Waals surface area contributed by atoms with Crippen molar-refractivity contribution in [1.29, 1.82) is 0 Å². The van der Waals surface area contributed by atoms with Crippen LogP contribution in [0, 0.1) is 5.92 Å². The van der Waals surface area contributed by atoms with Crippen molar-refractivity contribution < 1.29 is 18.8 Å². The van der Waals surface area contributed by atoms with Crippen LogP contribution in [0.4, 0.5) is 4.39 Å². The van der Waals surface area contributed by atoms with E-state index in [4.69, 9.17) is 14.4 Å². The maximum atomic E-state index is 14.6. The standard InChI is InChI=1S/C16H29BFNO3/c1-12(10-19-8-6-13(11-20)7-9-19)14(18)17-21-15(2,3)16(4,5)22-17/h13,20H,6-11H2,1-5H3. The van der Waals surface area contributed by atoms with E-state index in [0.717, 1.165) is 25.9 Å². The molecule has 2 rings (SSSR count). The minimum absolute atomic E-state index is 0.255. The van der Waals surface area contributed by atoms with Crippen LogP contribution in [0.2, 0.25) is 0 Å². The molecule has 4 nitrogen and oxygen atoms in total. The van der Waals surface area contributed by atoms with E-state index in [-0.39, 0.29) is 12.3 Å². The van der Waals surface area contributed by atoms with E-state index in [0.29, 0.717) is 18.0 Å². The lowest BCUT2D eigenvalue weighted by Gasteiger charge is -2.32. The minimum atomic E-state index is -0.903.